The van der Waals surface area contributed by atoms with Crippen molar-refractivity contribution in [2.45, 2.75) is 12.8 Å². The highest BCUT2D eigenvalue weighted by Crippen LogP contribution is 2.30. The van der Waals surface area contributed by atoms with E-state index in [1.165, 1.54) is 4.90 Å². The third-order valence-corrected chi connectivity index (χ3v) is 5.10. The largest absolute Gasteiger partial charge is 0.340 e. The van der Waals surface area contributed by atoms with Gasteiger partial charge in [-0.2, -0.15) is 0 Å². The molecule has 27 heavy (non-hydrogen) atoms. The Balaban J connectivity index is 0.00000210. The molecule has 0 spiro atoms. The number of imide groups is 1. The van der Waals surface area contributed by atoms with Crippen molar-refractivity contribution in [2.75, 3.05) is 32.7 Å². The number of carbonyl (C=O) groups excluding carboxylic acids is 3. The molecule has 2 heterocycles. The zero-order valence-electron chi connectivity index (χ0n) is 14.9. The topological polar surface area (TPSA) is 69.7 Å². The first-order valence-corrected chi connectivity index (χ1v) is 9.03. The Bertz CT molecular complexity index is 842. The van der Waals surface area contributed by atoms with E-state index in [0.717, 1.165) is 37.0 Å². The van der Waals surface area contributed by atoms with Crippen molar-refractivity contribution in [1.82, 2.24) is 15.1 Å². The quantitative estimate of drug-likeness (QED) is 0.815. The highest BCUT2D eigenvalue weighted by molar-refractivity contribution is 6.25. The standard InChI is InChI=1S/C20H21N3O3.ClH/c24-17(22-12-9-21-10-13-22)8-3-11-23-19(25)15-6-1-4-14-5-2-7-16(18(14)15)20(23)26;/h1-2,4-7,21H,3,8-13H2;1H. The van der Waals surface area contributed by atoms with E-state index in [0.29, 0.717) is 24.0 Å². The van der Waals surface area contributed by atoms with Crippen LogP contribution in [0.25, 0.3) is 10.8 Å². The first-order chi connectivity index (χ1) is 12.7. The van der Waals surface area contributed by atoms with Gasteiger partial charge < -0.3 is 10.2 Å². The molecule has 0 aromatic heterocycles. The highest BCUT2D eigenvalue weighted by atomic mass is 35.5. The Kier molecular flexibility index (Phi) is 5.77. The van der Waals surface area contributed by atoms with E-state index in [2.05, 4.69) is 5.32 Å². The van der Waals surface area contributed by atoms with Gasteiger partial charge in [0.1, 0.15) is 0 Å². The first-order valence-electron chi connectivity index (χ1n) is 9.03. The lowest BCUT2D eigenvalue weighted by Crippen LogP contribution is -2.46. The Morgan fingerprint density at radius 2 is 1.56 bits per heavy atom. The average molecular weight is 388 g/mol. The lowest BCUT2D eigenvalue weighted by Gasteiger charge is -2.29. The van der Waals surface area contributed by atoms with E-state index in [1.54, 1.807) is 12.1 Å². The molecule has 2 aliphatic heterocycles. The van der Waals surface area contributed by atoms with Crippen LogP contribution in [0.1, 0.15) is 33.6 Å². The third kappa shape index (κ3) is 3.55. The van der Waals surface area contributed by atoms with Crippen LogP contribution in [-0.2, 0) is 4.79 Å². The second kappa shape index (κ2) is 8.06. The van der Waals surface area contributed by atoms with E-state index in [-0.39, 0.29) is 36.7 Å². The van der Waals surface area contributed by atoms with Crippen molar-refractivity contribution in [3.05, 3.63) is 47.5 Å². The summed E-state index contributed by atoms with van der Waals surface area (Å²) in [6, 6.07) is 11.0. The molecule has 3 amide bonds. The fraction of sp³-hybridized carbons (Fsp3) is 0.350. The Morgan fingerprint density at radius 3 is 2.15 bits per heavy atom. The summed E-state index contributed by atoms with van der Waals surface area (Å²) in [6.45, 7) is 3.33. The molecule has 0 bridgehead atoms. The van der Waals surface area contributed by atoms with Gasteiger partial charge in [-0.15, -0.1) is 12.4 Å². The van der Waals surface area contributed by atoms with Crippen molar-refractivity contribution in [3.63, 3.8) is 0 Å². The van der Waals surface area contributed by atoms with Gasteiger partial charge in [-0.3, -0.25) is 19.3 Å². The molecule has 2 aliphatic rings. The minimum absolute atomic E-state index is 0. The molecule has 6 nitrogen and oxygen atoms in total. The molecular weight excluding hydrogens is 366 g/mol. The number of piperazine rings is 1. The van der Waals surface area contributed by atoms with Crippen LogP contribution < -0.4 is 5.32 Å². The Labute approximate surface area is 163 Å². The SMILES string of the molecule is Cl.O=C(CCCN1C(=O)c2cccc3cccc(c23)C1=O)N1CCNCC1. The molecule has 0 saturated carbocycles. The second-order valence-corrected chi connectivity index (χ2v) is 6.71. The summed E-state index contributed by atoms with van der Waals surface area (Å²) in [5, 5.41) is 4.85. The summed E-state index contributed by atoms with van der Waals surface area (Å²) >= 11 is 0. The molecule has 142 valence electrons. The average Bonchev–Trinajstić information content (AvgIpc) is 2.69. The summed E-state index contributed by atoms with van der Waals surface area (Å²) in [5.74, 6) is -0.450. The van der Waals surface area contributed by atoms with Crippen LogP contribution in [0.4, 0.5) is 0 Å². The number of rotatable bonds is 4. The first kappa shape index (κ1) is 19.3. The number of halogens is 1. The van der Waals surface area contributed by atoms with Gasteiger partial charge in [-0.25, -0.2) is 0 Å². The lowest BCUT2D eigenvalue weighted by molar-refractivity contribution is -0.131. The molecule has 0 atom stereocenters. The maximum absolute atomic E-state index is 12.8. The molecule has 2 aromatic rings. The molecule has 0 radical (unpaired) electrons. The fourth-order valence-corrected chi connectivity index (χ4v) is 3.74. The van der Waals surface area contributed by atoms with Crippen molar-refractivity contribution < 1.29 is 14.4 Å². The van der Waals surface area contributed by atoms with Crippen molar-refractivity contribution in [3.8, 4) is 0 Å². The molecule has 0 unspecified atom stereocenters. The van der Waals surface area contributed by atoms with E-state index < -0.39 is 0 Å². The van der Waals surface area contributed by atoms with Crippen molar-refractivity contribution in [1.29, 1.82) is 0 Å². The molecule has 4 rings (SSSR count). The maximum atomic E-state index is 12.8. The van der Waals surface area contributed by atoms with E-state index in [9.17, 15) is 14.4 Å². The van der Waals surface area contributed by atoms with Crippen molar-refractivity contribution >= 4 is 40.9 Å². The lowest BCUT2D eigenvalue weighted by atomic mass is 9.94. The zero-order chi connectivity index (χ0) is 18.1. The Morgan fingerprint density at radius 1 is 0.963 bits per heavy atom. The summed E-state index contributed by atoms with van der Waals surface area (Å²) in [4.78, 5) is 41.0. The normalized spacial score (nSPS) is 16.4. The van der Waals surface area contributed by atoms with Crippen LogP contribution in [0.2, 0.25) is 0 Å². The van der Waals surface area contributed by atoms with Gasteiger partial charge in [0.05, 0.1) is 0 Å². The minimum atomic E-state index is -0.270. The predicted molar refractivity (Wildman–Crippen MR) is 105 cm³/mol. The number of nitrogens with one attached hydrogen (secondary N) is 1. The van der Waals surface area contributed by atoms with Crippen LogP contribution in [0.3, 0.4) is 0 Å². The molecule has 7 heteroatoms. The number of hydrogen-bond donors (Lipinski definition) is 1. The van der Waals surface area contributed by atoms with Crippen LogP contribution in [0, 0.1) is 0 Å². The van der Waals surface area contributed by atoms with Crippen LogP contribution in [0.5, 0.6) is 0 Å². The predicted octanol–water partition coefficient (Wildman–Crippen LogP) is 2.07. The second-order valence-electron chi connectivity index (χ2n) is 6.71. The van der Waals surface area contributed by atoms with Crippen LogP contribution in [-0.4, -0.2) is 60.2 Å². The van der Waals surface area contributed by atoms with E-state index >= 15 is 0 Å². The van der Waals surface area contributed by atoms with E-state index in [1.807, 2.05) is 29.2 Å². The minimum Gasteiger partial charge on any atom is -0.340 e. The van der Waals surface area contributed by atoms with Gasteiger partial charge in [-0.1, -0.05) is 24.3 Å². The van der Waals surface area contributed by atoms with Gasteiger partial charge in [0.25, 0.3) is 11.8 Å². The number of carbonyl (C=O) groups is 3. The number of benzene rings is 2. The van der Waals surface area contributed by atoms with Crippen LogP contribution >= 0.6 is 12.4 Å². The number of nitrogens with zero attached hydrogens (tertiary/aromatic N) is 2. The molecule has 1 fully saturated rings. The maximum Gasteiger partial charge on any atom is 0.261 e. The smallest absolute Gasteiger partial charge is 0.261 e. The molecule has 1 saturated heterocycles. The summed E-state index contributed by atoms with van der Waals surface area (Å²) in [5.41, 5.74) is 1.12. The molecule has 2 aromatic carbocycles. The fourth-order valence-electron chi connectivity index (χ4n) is 3.74. The van der Waals surface area contributed by atoms with Gasteiger partial charge in [0.2, 0.25) is 5.91 Å². The van der Waals surface area contributed by atoms with E-state index in [4.69, 9.17) is 0 Å². The van der Waals surface area contributed by atoms with Gasteiger partial charge >= 0.3 is 0 Å². The van der Waals surface area contributed by atoms with Crippen LogP contribution in [0.15, 0.2) is 36.4 Å². The van der Waals surface area contributed by atoms with Gasteiger partial charge in [0.15, 0.2) is 0 Å². The van der Waals surface area contributed by atoms with Gasteiger partial charge in [0, 0.05) is 55.7 Å². The molecular formula is C20H22ClN3O3. The monoisotopic (exact) mass is 387 g/mol. The van der Waals surface area contributed by atoms with Crippen molar-refractivity contribution in [2.24, 2.45) is 0 Å². The summed E-state index contributed by atoms with van der Waals surface area (Å²) in [7, 11) is 0. The summed E-state index contributed by atoms with van der Waals surface area (Å²) < 4.78 is 0. The third-order valence-electron chi connectivity index (χ3n) is 5.10. The number of amides is 3. The Hall–Kier alpha value is -2.44. The summed E-state index contributed by atoms with van der Waals surface area (Å²) in [6.07, 6.45) is 0.835. The number of hydrogen-bond acceptors (Lipinski definition) is 4. The molecule has 1 N–H and O–H groups in total. The molecule has 0 aliphatic carbocycles. The zero-order valence-corrected chi connectivity index (χ0v) is 15.8. The highest BCUT2D eigenvalue weighted by Gasteiger charge is 2.32. The van der Waals surface area contributed by atoms with Gasteiger partial charge in [-0.05, 0) is 23.9 Å².